The Balaban J connectivity index is 1.55. The number of para-hydroxylation sites is 2. The second kappa shape index (κ2) is 14.9. The Bertz CT molecular complexity index is 1970. The quantitative estimate of drug-likeness (QED) is 0.138. The SMILES string of the molecule is Cc1ccccc1[P+](Nc1ccccc1N[P+](c1ccccc1C)(c1ccccc1C)c1ccccc1C)(c1ccccc1C)c1ccccc1C. The highest BCUT2D eigenvalue weighted by atomic mass is 31.2. The smallest absolute Gasteiger partial charge is 0.200 e. The number of nitrogens with one attached hydrogen (secondary N) is 2. The van der Waals surface area contributed by atoms with Gasteiger partial charge in [-0.15, -0.1) is 0 Å². The maximum Gasteiger partial charge on any atom is 0.200 e. The number of rotatable bonds is 10. The summed E-state index contributed by atoms with van der Waals surface area (Å²) in [7, 11) is -5.01. The summed E-state index contributed by atoms with van der Waals surface area (Å²) < 4.78 is 0. The van der Waals surface area contributed by atoms with Crippen molar-refractivity contribution < 1.29 is 0 Å². The van der Waals surface area contributed by atoms with Crippen molar-refractivity contribution in [2.45, 2.75) is 41.5 Å². The third-order valence-corrected chi connectivity index (χ3v) is 18.9. The van der Waals surface area contributed by atoms with Gasteiger partial charge in [0.05, 0.1) is 11.4 Å². The van der Waals surface area contributed by atoms with Gasteiger partial charge in [-0.05, 0) is 123 Å². The summed E-state index contributed by atoms with van der Waals surface area (Å²) in [5.74, 6) is 0. The van der Waals surface area contributed by atoms with Gasteiger partial charge in [-0.3, -0.25) is 0 Å². The van der Waals surface area contributed by atoms with E-state index in [1.54, 1.807) is 0 Å². The minimum atomic E-state index is -2.50. The number of benzene rings is 7. The molecule has 0 unspecified atom stereocenters. The first-order valence-electron chi connectivity index (χ1n) is 18.1. The second-order valence-corrected chi connectivity index (χ2v) is 19.9. The predicted octanol–water partition coefficient (Wildman–Crippen LogP) is 10.2. The molecule has 0 saturated heterocycles. The van der Waals surface area contributed by atoms with Crippen LogP contribution in [0.2, 0.25) is 0 Å². The molecule has 0 fully saturated rings. The molecule has 258 valence electrons. The minimum absolute atomic E-state index is 1.09. The number of hydrogen-bond acceptors (Lipinski definition) is 2. The largest absolute Gasteiger partial charge is 0.244 e. The van der Waals surface area contributed by atoms with Gasteiger partial charge in [-0.25, -0.2) is 10.2 Å². The van der Waals surface area contributed by atoms with Crippen LogP contribution in [0, 0.1) is 41.5 Å². The molecule has 0 spiro atoms. The van der Waals surface area contributed by atoms with Crippen molar-refractivity contribution in [2.24, 2.45) is 0 Å². The molecule has 0 bridgehead atoms. The van der Waals surface area contributed by atoms with Crippen molar-refractivity contribution in [3.63, 3.8) is 0 Å². The van der Waals surface area contributed by atoms with Crippen molar-refractivity contribution in [3.8, 4) is 0 Å². The fraction of sp³-hybridized carbons (Fsp3) is 0.125. The van der Waals surface area contributed by atoms with E-state index in [1.165, 1.54) is 65.2 Å². The van der Waals surface area contributed by atoms with Crippen LogP contribution in [-0.2, 0) is 0 Å². The molecule has 4 heteroatoms. The maximum atomic E-state index is 4.42. The second-order valence-electron chi connectivity index (χ2n) is 13.8. The minimum Gasteiger partial charge on any atom is -0.244 e. The van der Waals surface area contributed by atoms with Gasteiger partial charge in [-0.1, -0.05) is 121 Å². The van der Waals surface area contributed by atoms with E-state index in [1.807, 2.05) is 0 Å². The van der Waals surface area contributed by atoms with E-state index in [2.05, 4.69) is 222 Å². The first-order chi connectivity index (χ1) is 25.3. The highest BCUT2D eigenvalue weighted by molar-refractivity contribution is 7.97. The third-order valence-electron chi connectivity index (χ3n) is 10.4. The van der Waals surface area contributed by atoms with Crippen LogP contribution >= 0.6 is 14.8 Å². The van der Waals surface area contributed by atoms with Crippen LogP contribution in [0.15, 0.2) is 170 Å². The maximum absolute atomic E-state index is 4.42. The van der Waals surface area contributed by atoms with Gasteiger partial charge in [0.1, 0.15) is 31.8 Å². The monoisotopic (exact) mass is 714 g/mol. The zero-order valence-corrected chi connectivity index (χ0v) is 32.8. The summed E-state index contributed by atoms with van der Waals surface area (Å²) in [6.45, 7) is 13.6. The van der Waals surface area contributed by atoms with E-state index in [4.69, 9.17) is 0 Å². The predicted molar refractivity (Wildman–Crippen MR) is 232 cm³/mol. The lowest BCUT2D eigenvalue weighted by Gasteiger charge is -2.34. The molecule has 0 aliphatic heterocycles. The Morgan fingerprint density at radius 2 is 0.423 bits per heavy atom. The average Bonchev–Trinajstić information content (AvgIpc) is 3.15. The molecule has 0 amide bonds. The normalized spacial score (nSPS) is 11.7. The number of anilines is 2. The molecule has 7 rings (SSSR count). The lowest BCUT2D eigenvalue weighted by Crippen LogP contribution is -2.40. The molecule has 0 aromatic heterocycles. The summed E-state index contributed by atoms with van der Waals surface area (Å²) >= 11 is 0. The fourth-order valence-electron chi connectivity index (χ4n) is 7.82. The Labute approximate surface area is 311 Å². The van der Waals surface area contributed by atoms with Crippen LogP contribution < -0.4 is 42.0 Å². The standard InChI is InChI=1S/C48H48N2P2/c1-35-21-7-15-29-43(35)51(44-30-16-8-22-36(44)2,45-31-17-9-23-37(45)3)49-41-27-13-14-28-42(41)50-52(46-32-18-10-24-38(46)4,47-33-19-11-25-39(47)5)48-34-20-12-26-40(48)6/h7-34,49-50H,1-6H3/q+2. The van der Waals surface area contributed by atoms with E-state index >= 15 is 0 Å². The molecular formula is C48H48N2P2+2. The summed E-state index contributed by atoms with van der Waals surface area (Å²) in [5, 5.41) is 16.9. The van der Waals surface area contributed by atoms with E-state index in [9.17, 15) is 0 Å². The van der Waals surface area contributed by atoms with Crippen molar-refractivity contribution in [1.29, 1.82) is 0 Å². The number of hydrogen-bond donors (Lipinski definition) is 2. The van der Waals surface area contributed by atoms with E-state index in [-0.39, 0.29) is 0 Å². The molecule has 0 radical (unpaired) electrons. The zero-order chi connectivity index (χ0) is 36.3. The molecular weight excluding hydrogens is 666 g/mol. The summed E-state index contributed by atoms with van der Waals surface area (Å²) in [5.41, 5.74) is 9.85. The lowest BCUT2D eigenvalue weighted by molar-refractivity contribution is 1.47. The molecule has 7 aromatic rings. The Morgan fingerprint density at radius 1 is 0.250 bits per heavy atom. The van der Waals surface area contributed by atoms with E-state index in [0.717, 1.165) is 11.4 Å². The van der Waals surface area contributed by atoms with Gasteiger partial charge in [-0.2, -0.15) is 0 Å². The zero-order valence-electron chi connectivity index (χ0n) is 31.1. The van der Waals surface area contributed by atoms with E-state index in [0.29, 0.717) is 0 Å². The number of aryl methyl sites for hydroxylation is 6. The average molecular weight is 715 g/mol. The fourth-order valence-corrected chi connectivity index (χ4v) is 16.7. The first kappa shape index (κ1) is 35.4. The van der Waals surface area contributed by atoms with E-state index < -0.39 is 14.8 Å². The third kappa shape index (κ3) is 6.26. The molecule has 0 saturated carbocycles. The van der Waals surface area contributed by atoms with Crippen LogP contribution in [0.1, 0.15) is 33.4 Å². The van der Waals surface area contributed by atoms with Gasteiger partial charge < -0.3 is 0 Å². The van der Waals surface area contributed by atoms with Crippen molar-refractivity contribution >= 4 is 58.0 Å². The van der Waals surface area contributed by atoms with Gasteiger partial charge in [0.15, 0.2) is 0 Å². The van der Waals surface area contributed by atoms with Crippen LogP contribution in [0.3, 0.4) is 0 Å². The molecule has 0 atom stereocenters. The highest BCUT2D eigenvalue weighted by Crippen LogP contribution is 2.61. The molecule has 2 nitrogen and oxygen atoms in total. The molecule has 2 N–H and O–H groups in total. The van der Waals surface area contributed by atoms with Gasteiger partial charge in [0.2, 0.25) is 14.8 Å². The highest BCUT2D eigenvalue weighted by Gasteiger charge is 2.52. The topological polar surface area (TPSA) is 24.1 Å². The van der Waals surface area contributed by atoms with Crippen LogP contribution in [0.4, 0.5) is 11.4 Å². The van der Waals surface area contributed by atoms with Crippen LogP contribution in [0.5, 0.6) is 0 Å². The van der Waals surface area contributed by atoms with Gasteiger partial charge >= 0.3 is 0 Å². The van der Waals surface area contributed by atoms with Crippen LogP contribution in [0.25, 0.3) is 0 Å². The Kier molecular flexibility index (Phi) is 10.2. The summed E-state index contributed by atoms with van der Waals surface area (Å²) in [6.07, 6.45) is 0. The van der Waals surface area contributed by atoms with Crippen molar-refractivity contribution in [2.75, 3.05) is 10.2 Å². The van der Waals surface area contributed by atoms with Crippen molar-refractivity contribution in [1.82, 2.24) is 0 Å². The molecule has 0 aliphatic rings. The first-order valence-corrected chi connectivity index (χ1v) is 21.7. The van der Waals surface area contributed by atoms with Crippen LogP contribution in [-0.4, -0.2) is 0 Å². The summed E-state index contributed by atoms with van der Waals surface area (Å²) in [6, 6.07) is 62.7. The molecule has 52 heavy (non-hydrogen) atoms. The van der Waals surface area contributed by atoms with Gasteiger partial charge in [0.25, 0.3) is 0 Å². The molecule has 0 aliphatic carbocycles. The Hall–Kier alpha value is -5.00. The lowest BCUT2D eigenvalue weighted by atomic mass is 10.2. The Morgan fingerprint density at radius 3 is 0.615 bits per heavy atom. The summed E-state index contributed by atoms with van der Waals surface area (Å²) in [4.78, 5) is 0. The van der Waals surface area contributed by atoms with Gasteiger partial charge in [0, 0.05) is 0 Å². The van der Waals surface area contributed by atoms with Crippen molar-refractivity contribution in [3.05, 3.63) is 203 Å². The molecule has 7 aromatic carbocycles. The molecule has 0 heterocycles.